The Hall–Kier alpha value is -3.22. The van der Waals surface area contributed by atoms with Crippen molar-refractivity contribution in [2.24, 2.45) is 0 Å². The molecule has 0 saturated carbocycles. The molecule has 0 aliphatic carbocycles. The Labute approximate surface area is 144 Å². The Morgan fingerprint density at radius 2 is 1.68 bits per heavy atom. The van der Waals surface area contributed by atoms with E-state index in [1.807, 2.05) is 0 Å². The molecule has 0 aromatic heterocycles. The highest BCUT2D eigenvalue weighted by Gasteiger charge is 2.32. The number of carbonyl (C=O) groups is 2. The first-order valence-corrected chi connectivity index (χ1v) is 7.52. The van der Waals surface area contributed by atoms with Crippen LogP contribution in [-0.4, -0.2) is 30.7 Å². The molecule has 0 heterocycles. The summed E-state index contributed by atoms with van der Waals surface area (Å²) in [6, 6.07) is 9.30. The van der Waals surface area contributed by atoms with E-state index < -0.39 is 16.4 Å². The molecular formula is C18H17NO6. The Morgan fingerprint density at radius 1 is 1.08 bits per heavy atom. The van der Waals surface area contributed by atoms with Crippen LogP contribution in [0.5, 0.6) is 11.5 Å². The molecule has 0 aliphatic heterocycles. The van der Waals surface area contributed by atoms with Crippen molar-refractivity contribution in [2.75, 3.05) is 14.2 Å². The van der Waals surface area contributed by atoms with Crippen LogP contribution in [0.3, 0.4) is 0 Å². The molecule has 2 rings (SSSR count). The third-order valence-corrected chi connectivity index (χ3v) is 3.70. The summed E-state index contributed by atoms with van der Waals surface area (Å²) in [5, 5.41) is 11.4. The molecule has 130 valence electrons. The number of hydrogen-bond acceptors (Lipinski definition) is 6. The molecule has 0 saturated heterocycles. The quantitative estimate of drug-likeness (QED) is 0.434. The fourth-order valence-electron chi connectivity index (χ4n) is 2.53. The summed E-state index contributed by atoms with van der Waals surface area (Å²) in [6.07, 6.45) is 0.104. The largest absolute Gasteiger partial charge is 0.492 e. The maximum Gasteiger partial charge on any atom is 0.315 e. The molecule has 0 spiro atoms. The first-order chi connectivity index (χ1) is 12.0. The van der Waals surface area contributed by atoms with Crippen molar-refractivity contribution in [2.45, 2.75) is 13.3 Å². The van der Waals surface area contributed by atoms with E-state index in [-0.39, 0.29) is 34.8 Å². The van der Waals surface area contributed by atoms with Gasteiger partial charge in [0.25, 0.3) is 0 Å². The third-order valence-electron chi connectivity index (χ3n) is 3.70. The number of carbonyl (C=O) groups excluding carboxylic acids is 2. The van der Waals surface area contributed by atoms with Gasteiger partial charge in [-0.3, -0.25) is 19.7 Å². The number of Topliss-reactive ketones (excluding diaryl/α,β-unsaturated/α-hetero) is 1. The first-order valence-electron chi connectivity index (χ1n) is 7.52. The van der Waals surface area contributed by atoms with Crippen LogP contribution in [-0.2, 0) is 0 Å². The van der Waals surface area contributed by atoms with Crippen molar-refractivity contribution < 1.29 is 24.0 Å². The SMILES string of the molecule is CCC(=O)c1c(C(=O)c2ccccc2)cc([N+](=O)[O-])c(OC)c1OC. The number of ether oxygens (including phenoxy) is 2. The zero-order valence-electron chi connectivity index (χ0n) is 14.1. The summed E-state index contributed by atoms with van der Waals surface area (Å²) in [5.74, 6) is -1.16. The normalized spacial score (nSPS) is 10.2. The average Bonchev–Trinajstić information content (AvgIpc) is 2.65. The minimum Gasteiger partial charge on any atom is -0.492 e. The van der Waals surface area contributed by atoms with Crippen LogP contribution >= 0.6 is 0 Å². The summed E-state index contributed by atoms with van der Waals surface area (Å²) in [7, 11) is 2.51. The molecule has 2 aromatic carbocycles. The fourth-order valence-corrected chi connectivity index (χ4v) is 2.53. The van der Waals surface area contributed by atoms with Crippen LogP contribution in [0.4, 0.5) is 5.69 Å². The van der Waals surface area contributed by atoms with Gasteiger partial charge in [-0.25, -0.2) is 0 Å². The van der Waals surface area contributed by atoms with E-state index in [4.69, 9.17) is 9.47 Å². The molecule has 0 unspecified atom stereocenters. The lowest BCUT2D eigenvalue weighted by Crippen LogP contribution is -2.13. The van der Waals surface area contributed by atoms with Crippen LogP contribution in [0.2, 0.25) is 0 Å². The Kier molecular flexibility index (Phi) is 5.49. The number of ketones is 2. The molecule has 0 atom stereocenters. The minimum atomic E-state index is -0.677. The van der Waals surface area contributed by atoms with Gasteiger partial charge in [-0.05, 0) is 0 Å². The van der Waals surface area contributed by atoms with Gasteiger partial charge in [-0.1, -0.05) is 37.3 Å². The summed E-state index contributed by atoms with van der Waals surface area (Å²) >= 11 is 0. The highest BCUT2D eigenvalue weighted by atomic mass is 16.6. The van der Waals surface area contributed by atoms with Crippen LogP contribution < -0.4 is 9.47 Å². The predicted octanol–water partition coefficient (Wildman–Crippen LogP) is 3.44. The number of methoxy groups -OCH3 is 2. The van der Waals surface area contributed by atoms with Gasteiger partial charge >= 0.3 is 5.69 Å². The highest BCUT2D eigenvalue weighted by molar-refractivity contribution is 6.17. The van der Waals surface area contributed by atoms with Crippen molar-refractivity contribution in [1.29, 1.82) is 0 Å². The maximum atomic E-state index is 12.9. The summed E-state index contributed by atoms with van der Waals surface area (Å²) in [5.41, 5.74) is -0.218. The minimum absolute atomic E-state index is 0.0127. The van der Waals surface area contributed by atoms with E-state index in [1.165, 1.54) is 14.2 Å². The van der Waals surface area contributed by atoms with E-state index in [1.54, 1.807) is 37.3 Å². The molecule has 0 N–H and O–H groups in total. The van der Waals surface area contributed by atoms with Crippen molar-refractivity contribution >= 4 is 17.3 Å². The van der Waals surface area contributed by atoms with Gasteiger partial charge in [-0.15, -0.1) is 0 Å². The lowest BCUT2D eigenvalue weighted by molar-refractivity contribution is -0.385. The van der Waals surface area contributed by atoms with E-state index >= 15 is 0 Å². The molecule has 25 heavy (non-hydrogen) atoms. The molecular weight excluding hydrogens is 326 g/mol. The molecule has 2 aromatic rings. The van der Waals surface area contributed by atoms with E-state index in [9.17, 15) is 19.7 Å². The molecule has 0 amide bonds. The maximum absolute atomic E-state index is 12.9. The predicted molar refractivity (Wildman–Crippen MR) is 90.7 cm³/mol. The number of benzene rings is 2. The molecule has 7 nitrogen and oxygen atoms in total. The van der Waals surface area contributed by atoms with Gasteiger partial charge < -0.3 is 9.47 Å². The topological polar surface area (TPSA) is 95.7 Å². The zero-order valence-corrected chi connectivity index (χ0v) is 14.1. The van der Waals surface area contributed by atoms with Gasteiger partial charge in [0.15, 0.2) is 17.3 Å². The van der Waals surface area contributed by atoms with Gasteiger partial charge in [0.2, 0.25) is 5.75 Å². The van der Waals surface area contributed by atoms with Crippen LogP contribution in [0.25, 0.3) is 0 Å². The number of nitro benzene ring substituents is 1. The lowest BCUT2D eigenvalue weighted by atomic mass is 9.93. The molecule has 0 fully saturated rings. The lowest BCUT2D eigenvalue weighted by Gasteiger charge is -2.15. The molecule has 7 heteroatoms. The first kappa shape index (κ1) is 18.1. The number of hydrogen-bond donors (Lipinski definition) is 0. The number of nitro groups is 1. The second-order valence-electron chi connectivity index (χ2n) is 5.11. The molecule has 0 bridgehead atoms. The van der Waals surface area contributed by atoms with E-state index in [2.05, 4.69) is 0 Å². The van der Waals surface area contributed by atoms with Gasteiger partial charge in [0.05, 0.1) is 24.7 Å². The van der Waals surface area contributed by atoms with Crippen LogP contribution in [0.1, 0.15) is 39.6 Å². The summed E-state index contributed by atoms with van der Waals surface area (Å²) in [4.78, 5) is 36.0. The van der Waals surface area contributed by atoms with Crippen LogP contribution in [0.15, 0.2) is 36.4 Å². The number of rotatable bonds is 7. The van der Waals surface area contributed by atoms with Crippen LogP contribution in [0, 0.1) is 10.1 Å². The fraction of sp³-hybridized carbons (Fsp3) is 0.222. The average molecular weight is 343 g/mol. The summed E-state index contributed by atoms with van der Waals surface area (Å²) in [6.45, 7) is 1.63. The number of nitrogens with zero attached hydrogens (tertiary/aromatic N) is 1. The van der Waals surface area contributed by atoms with Gasteiger partial charge in [-0.2, -0.15) is 0 Å². The van der Waals surface area contributed by atoms with Crippen molar-refractivity contribution in [3.8, 4) is 11.5 Å². The van der Waals surface area contributed by atoms with Crippen molar-refractivity contribution in [3.05, 3.63) is 63.2 Å². The van der Waals surface area contributed by atoms with Crippen molar-refractivity contribution in [3.63, 3.8) is 0 Å². The second kappa shape index (κ2) is 7.57. The smallest absolute Gasteiger partial charge is 0.315 e. The standard InChI is InChI=1S/C18H17NO6/c1-4-14(20)15-12(16(21)11-8-6-5-7-9-11)10-13(19(22)23)17(24-2)18(15)25-3/h5-10H,4H2,1-3H3. The van der Waals surface area contributed by atoms with E-state index in [0.717, 1.165) is 6.07 Å². The molecule has 0 radical (unpaired) electrons. The monoisotopic (exact) mass is 343 g/mol. The molecule has 0 aliphatic rings. The zero-order chi connectivity index (χ0) is 18.6. The van der Waals surface area contributed by atoms with Crippen molar-refractivity contribution in [1.82, 2.24) is 0 Å². The Balaban J connectivity index is 2.85. The second-order valence-corrected chi connectivity index (χ2v) is 5.11. The highest BCUT2D eigenvalue weighted by Crippen LogP contribution is 2.42. The van der Waals surface area contributed by atoms with Gasteiger partial charge in [0.1, 0.15) is 0 Å². The summed E-state index contributed by atoms with van der Waals surface area (Å²) < 4.78 is 10.3. The van der Waals surface area contributed by atoms with Gasteiger partial charge in [0, 0.05) is 23.6 Å². The van der Waals surface area contributed by atoms with E-state index in [0.29, 0.717) is 5.56 Å². The Morgan fingerprint density at radius 3 is 2.16 bits per heavy atom. The Bertz CT molecular complexity index is 829. The third kappa shape index (κ3) is 3.35.